The Labute approximate surface area is 208 Å². The smallest absolute Gasteiger partial charge is 0.258 e. The van der Waals surface area contributed by atoms with Gasteiger partial charge in [-0.05, 0) is 60.6 Å². The maximum Gasteiger partial charge on any atom is 0.258 e. The number of methoxy groups -OCH3 is 1. The van der Waals surface area contributed by atoms with Gasteiger partial charge in [-0.25, -0.2) is 9.99 Å². The number of hydrogen-bond acceptors (Lipinski definition) is 7. The highest BCUT2D eigenvalue weighted by molar-refractivity contribution is 6.03. The van der Waals surface area contributed by atoms with Crippen molar-refractivity contribution in [3.63, 3.8) is 0 Å². The summed E-state index contributed by atoms with van der Waals surface area (Å²) in [5.41, 5.74) is 2.16. The normalized spacial score (nSPS) is 15.5. The zero-order valence-corrected chi connectivity index (χ0v) is 20.2. The van der Waals surface area contributed by atoms with Crippen LogP contribution in [0.5, 0.6) is 5.75 Å². The highest BCUT2D eigenvalue weighted by Crippen LogP contribution is 2.33. The van der Waals surface area contributed by atoms with Crippen molar-refractivity contribution in [1.29, 1.82) is 0 Å². The Morgan fingerprint density at radius 3 is 2.69 bits per heavy atom. The Balaban J connectivity index is 1.37. The summed E-state index contributed by atoms with van der Waals surface area (Å²) in [5.74, 6) is 1.79. The number of carbonyl (C=O) groups is 1. The number of aromatic nitrogens is 2. The van der Waals surface area contributed by atoms with Gasteiger partial charge in [0.15, 0.2) is 0 Å². The fourth-order valence-corrected chi connectivity index (χ4v) is 4.37. The van der Waals surface area contributed by atoms with Gasteiger partial charge in [0.25, 0.3) is 11.5 Å². The molecule has 0 spiro atoms. The lowest BCUT2D eigenvalue weighted by Gasteiger charge is -2.24. The van der Waals surface area contributed by atoms with Gasteiger partial charge in [0, 0.05) is 6.42 Å². The number of ether oxygens (including phenoxy) is 1. The van der Waals surface area contributed by atoms with Gasteiger partial charge < -0.3 is 14.1 Å². The number of hydrazone groups is 1. The van der Waals surface area contributed by atoms with Gasteiger partial charge in [0.05, 0.1) is 43.1 Å². The lowest BCUT2D eigenvalue weighted by molar-refractivity contribution is -0.134. The maximum atomic E-state index is 13.5. The van der Waals surface area contributed by atoms with E-state index in [9.17, 15) is 9.59 Å². The van der Waals surface area contributed by atoms with Crippen molar-refractivity contribution in [2.24, 2.45) is 5.10 Å². The van der Waals surface area contributed by atoms with Crippen LogP contribution < -0.4 is 10.3 Å². The number of likely N-dealkylation sites (N-methyl/N-ethyl adjacent to an activating group) is 1. The van der Waals surface area contributed by atoms with E-state index in [1.165, 1.54) is 5.01 Å². The van der Waals surface area contributed by atoms with E-state index in [1.54, 1.807) is 19.4 Å². The summed E-state index contributed by atoms with van der Waals surface area (Å²) in [7, 11) is 1.62. The summed E-state index contributed by atoms with van der Waals surface area (Å²) in [6.45, 7) is 3.00. The van der Waals surface area contributed by atoms with Crippen LogP contribution in [0.25, 0.3) is 10.9 Å². The third-order valence-electron chi connectivity index (χ3n) is 6.30. The first-order valence-electron chi connectivity index (χ1n) is 11.8. The minimum atomic E-state index is -0.332. The molecule has 184 valence electrons. The molecule has 0 bridgehead atoms. The summed E-state index contributed by atoms with van der Waals surface area (Å²) < 4.78 is 10.9. The second kappa shape index (κ2) is 10.2. The Morgan fingerprint density at radius 2 is 1.97 bits per heavy atom. The number of nitrogens with zero attached hydrogens (tertiary/aromatic N) is 4. The minimum Gasteiger partial charge on any atom is -0.497 e. The first-order valence-corrected chi connectivity index (χ1v) is 11.8. The number of fused-ring (bicyclic) bond motifs is 1. The van der Waals surface area contributed by atoms with Crippen LogP contribution in [0, 0.1) is 0 Å². The zero-order valence-electron chi connectivity index (χ0n) is 20.2. The predicted molar refractivity (Wildman–Crippen MR) is 136 cm³/mol. The quantitative estimate of drug-likeness (QED) is 0.408. The van der Waals surface area contributed by atoms with Crippen LogP contribution in [0.3, 0.4) is 0 Å². The number of furan rings is 1. The van der Waals surface area contributed by atoms with Gasteiger partial charge in [-0.3, -0.25) is 14.5 Å². The molecule has 3 heterocycles. The number of amides is 1. The first-order chi connectivity index (χ1) is 17.6. The van der Waals surface area contributed by atoms with E-state index in [2.05, 4.69) is 9.97 Å². The van der Waals surface area contributed by atoms with Crippen LogP contribution >= 0.6 is 0 Å². The van der Waals surface area contributed by atoms with E-state index in [-0.39, 0.29) is 24.1 Å². The molecule has 9 heteroatoms. The molecule has 1 N–H and O–H groups in total. The third-order valence-corrected chi connectivity index (χ3v) is 6.30. The number of H-pyrrole nitrogens is 1. The third kappa shape index (κ3) is 4.78. The number of hydrogen-bond donors (Lipinski definition) is 1. The van der Waals surface area contributed by atoms with Crippen molar-refractivity contribution in [3.8, 4) is 5.75 Å². The number of aromatic amines is 1. The van der Waals surface area contributed by atoms with Crippen LogP contribution in [0.15, 0.2) is 81.2 Å². The number of benzene rings is 2. The van der Waals surface area contributed by atoms with E-state index in [0.29, 0.717) is 42.0 Å². The van der Waals surface area contributed by atoms with Gasteiger partial charge in [-0.15, -0.1) is 0 Å². The van der Waals surface area contributed by atoms with Crippen molar-refractivity contribution < 1.29 is 13.9 Å². The highest BCUT2D eigenvalue weighted by atomic mass is 16.5. The molecule has 2 aromatic carbocycles. The van der Waals surface area contributed by atoms with Crippen LogP contribution in [0.1, 0.15) is 36.5 Å². The summed E-state index contributed by atoms with van der Waals surface area (Å²) in [6.07, 6.45) is 2.14. The summed E-state index contributed by atoms with van der Waals surface area (Å²) in [5, 5.41) is 6.75. The van der Waals surface area contributed by atoms with Crippen molar-refractivity contribution in [1.82, 2.24) is 19.9 Å². The summed E-state index contributed by atoms with van der Waals surface area (Å²) in [4.78, 5) is 35.3. The van der Waals surface area contributed by atoms with Gasteiger partial charge in [0.2, 0.25) is 0 Å². The number of para-hydroxylation sites is 1. The first kappa shape index (κ1) is 23.5. The molecular formula is C27H27N5O4. The van der Waals surface area contributed by atoms with E-state index >= 15 is 0 Å². The Bertz CT molecular complexity index is 1440. The lowest BCUT2D eigenvalue weighted by Crippen LogP contribution is -2.38. The van der Waals surface area contributed by atoms with Crippen molar-refractivity contribution in [2.45, 2.75) is 25.9 Å². The molecule has 2 aromatic heterocycles. The van der Waals surface area contributed by atoms with E-state index in [0.717, 1.165) is 17.0 Å². The molecule has 1 amide bonds. The molecule has 0 saturated heterocycles. The van der Waals surface area contributed by atoms with Crippen LogP contribution in [-0.2, 0) is 11.3 Å². The molecule has 1 aliphatic heterocycles. The predicted octanol–water partition coefficient (Wildman–Crippen LogP) is 3.72. The van der Waals surface area contributed by atoms with Gasteiger partial charge in [0.1, 0.15) is 23.4 Å². The van der Waals surface area contributed by atoms with Gasteiger partial charge >= 0.3 is 0 Å². The summed E-state index contributed by atoms with van der Waals surface area (Å²) >= 11 is 0. The fourth-order valence-electron chi connectivity index (χ4n) is 4.37. The average Bonchev–Trinajstić information content (AvgIpc) is 3.59. The van der Waals surface area contributed by atoms with Crippen molar-refractivity contribution in [3.05, 3.63) is 94.4 Å². The molecule has 1 atom stereocenters. The van der Waals surface area contributed by atoms with Gasteiger partial charge in [-0.2, -0.15) is 5.10 Å². The summed E-state index contributed by atoms with van der Waals surface area (Å²) in [6, 6.07) is 18.2. The molecule has 0 fully saturated rings. The maximum absolute atomic E-state index is 13.5. The van der Waals surface area contributed by atoms with Crippen LogP contribution in [0.2, 0.25) is 0 Å². The molecule has 1 unspecified atom stereocenters. The number of carbonyl (C=O) groups excluding carboxylic acids is 1. The Hall–Kier alpha value is -4.24. The molecule has 0 aliphatic carbocycles. The standard InChI is InChI=1S/C27H27N5O4/c1-3-31(16-25-28-21-8-5-4-7-20(21)27(34)29-25)17-26(33)32-23(24-9-6-14-36-24)15-22(30-32)18-10-12-19(35-2)13-11-18/h4-14,23H,3,15-17H2,1-2H3,(H,28,29,34). The van der Waals surface area contributed by atoms with Crippen molar-refractivity contribution >= 4 is 22.5 Å². The van der Waals surface area contributed by atoms with E-state index in [1.807, 2.05) is 66.4 Å². The number of nitrogens with one attached hydrogen (secondary N) is 1. The molecule has 4 aromatic rings. The number of rotatable bonds is 8. The lowest BCUT2D eigenvalue weighted by atomic mass is 10.0. The molecule has 9 nitrogen and oxygen atoms in total. The monoisotopic (exact) mass is 485 g/mol. The Kier molecular flexibility index (Phi) is 6.64. The SMILES string of the molecule is CCN(CC(=O)N1N=C(c2ccc(OC)cc2)CC1c1ccco1)Cc1nc2ccccc2c(=O)[nH]1. The van der Waals surface area contributed by atoms with E-state index < -0.39 is 0 Å². The zero-order chi connectivity index (χ0) is 25.1. The molecule has 1 aliphatic rings. The van der Waals surface area contributed by atoms with E-state index in [4.69, 9.17) is 14.3 Å². The second-order valence-electron chi connectivity index (χ2n) is 8.58. The molecule has 5 rings (SSSR count). The highest BCUT2D eigenvalue weighted by Gasteiger charge is 2.35. The molecular weight excluding hydrogens is 458 g/mol. The van der Waals surface area contributed by atoms with Crippen LogP contribution in [0.4, 0.5) is 0 Å². The molecule has 0 saturated carbocycles. The topological polar surface area (TPSA) is 104 Å². The molecule has 36 heavy (non-hydrogen) atoms. The molecule has 0 radical (unpaired) electrons. The van der Waals surface area contributed by atoms with Gasteiger partial charge in [-0.1, -0.05) is 19.1 Å². The minimum absolute atomic E-state index is 0.115. The largest absolute Gasteiger partial charge is 0.497 e. The fraction of sp³-hybridized carbons (Fsp3) is 0.259. The van der Waals surface area contributed by atoms with Crippen molar-refractivity contribution in [2.75, 3.05) is 20.2 Å². The van der Waals surface area contributed by atoms with Crippen LogP contribution in [-0.4, -0.2) is 51.7 Å². The Morgan fingerprint density at radius 1 is 1.17 bits per heavy atom. The average molecular weight is 486 g/mol. The second-order valence-corrected chi connectivity index (χ2v) is 8.58.